The summed E-state index contributed by atoms with van der Waals surface area (Å²) in [5.74, 6) is 0.526. The molecule has 196 valence electrons. The topological polar surface area (TPSA) is 125 Å². The van der Waals surface area contributed by atoms with Gasteiger partial charge in [0.15, 0.2) is 0 Å². The Bertz CT molecular complexity index is 1150. The van der Waals surface area contributed by atoms with E-state index in [0.717, 1.165) is 31.4 Å². The maximum atomic E-state index is 11.7. The molecule has 37 heavy (non-hydrogen) atoms. The molecule has 0 atom stereocenters. The van der Waals surface area contributed by atoms with Gasteiger partial charge in [0.2, 0.25) is 11.2 Å². The molecule has 0 saturated heterocycles. The summed E-state index contributed by atoms with van der Waals surface area (Å²) in [4.78, 5) is 38.7. The molecule has 1 saturated carbocycles. The fourth-order valence-electron chi connectivity index (χ4n) is 3.55. The van der Waals surface area contributed by atoms with E-state index in [0.29, 0.717) is 30.3 Å². The van der Waals surface area contributed by atoms with Crippen molar-refractivity contribution in [1.29, 1.82) is 0 Å². The van der Waals surface area contributed by atoms with Crippen LogP contribution in [0.2, 0.25) is 5.28 Å². The number of hydrogen-bond donors (Lipinski definition) is 1. The fraction of sp³-hybridized carbons (Fsp3) is 0.385. The average Bonchev–Trinajstić information content (AvgIpc) is 2.91. The van der Waals surface area contributed by atoms with Crippen molar-refractivity contribution in [3.05, 3.63) is 71.0 Å². The van der Waals surface area contributed by atoms with Crippen LogP contribution in [-0.4, -0.2) is 52.2 Å². The monoisotopic (exact) mass is 527 g/mol. The van der Waals surface area contributed by atoms with Crippen LogP contribution in [0.3, 0.4) is 0 Å². The number of carbonyl (C=O) groups is 2. The number of hydrogen-bond acceptors (Lipinski definition) is 10. The van der Waals surface area contributed by atoms with E-state index in [1.807, 2.05) is 19.1 Å². The Morgan fingerprint density at radius 3 is 1.97 bits per heavy atom. The molecule has 0 radical (unpaired) electrons. The van der Waals surface area contributed by atoms with Crippen molar-refractivity contribution in [2.24, 2.45) is 0 Å². The Morgan fingerprint density at radius 2 is 1.49 bits per heavy atom. The van der Waals surface area contributed by atoms with Crippen molar-refractivity contribution in [2.75, 3.05) is 25.6 Å². The number of nitrogens with one attached hydrogen (secondary N) is 1. The minimum atomic E-state index is -0.418. The van der Waals surface area contributed by atoms with Crippen molar-refractivity contribution in [3.63, 3.8) is 0 Å². The Hall–Kier alpha value is -3.79. The van der Waals surface area contributed by atoms with Crippen LogP contribution < -0.4 is 10.1 Å². The standard InChI is InChI=1S/C18H21N3O3.C8H9ClN2O2/c1-3-24-16(22)13-11-19-17(20-12-13)21-18(9-4-10-18)14-5-7-15(23-2)8-6-14;1-2-3-13-7(12)6-4-10-8(9)11-5-6/h5-8,11-12H,3-4,9-10H2,1-2H3,(H,19,20,21);4-5H,2-3H2,1H3. The third-order valence-corrected chi connectivity index (χ3v) is 5.85. The highest BCUT2D eigenvalue weighted by atomic mass is 35.5. The van der Waals surface area contributed by atoms with E-state index in [4.69, 9.17) is 25.8 Å². The van der Waals surface area contributed by atoms with Crippen molar-refractivity contribution in [2.45, 2.75) is 45.1 Å². The van der Waals surface area contributed by atoms with Gasteiger partial charge in [-0.05, 0) is 61.9 Å². The van der Waals surface area contributed by atoms with Gasteiger partial charge in [0.05, 0.1) is 37.0 Å². The van der Waals surface area contributed by atoms with E-state index in [-0.39, 0.29) is 10.8 Å². The van der Waals surface area contributed by atoms with Crippen LogP contribution in [0, 0.1) is 0 Å². The smallest absolute Gasteiger partial charge is 0.341 e. The average molecular weight is 528 g/mol. The highest BCUT2D eigenvalue weighted by molar-refractivity contribution is 6.28. The van der Waals surface area contributed by atoms with Gasteiger partial charge < -0.3 is 19.5 Å². The second-order valence-electron chi connectivity index (χ2n) is 8.18. The van der Waals surface area contributed by atoms with Gasteiger partial charge in [-0.1, -0.05) is 19.1 Å². The molecule has 3 aromatic rings. The highest BCUT2D eigenvalue weighted by Crippen LogP contribution is 2.43. The maximum Gasteiger partial charge on any atom is 0.341 e. The third-order valence-electron chi connectivity index (χ3n) is 5.66. The number of esters is 2. The summed E-state index contributed by atoms with van der Waals surface area (Å²) in [6.45, 7) is 4.43. The lowest BCUT2D eigenvalue weighted by atomic mass is 9.72. The number of carbonyl (C=O) groups excluding carboxylic acids is 2. The fourth-order valence-corrected chi connectivity index (χ4v) is 3.65. The number of methoxy groups -OCH3 is 1. The van der Waals surface area contributed by atoms with Crippen LogP contribution in [0.4, 0.5) is 5.95 Å². The van der Waals surface area contributed by atoms with Gasteiger partial charge in [-0.2, -0.15) is 0 Å². The van der Waals surface area contributed by atoms with Gasteiger partial charge >= 0.3 is 11.9 Å². The first-order chi connectivity index (χ1) is 17.9. The second kappa shape index (κ2) is 13.5. The van der Waals surface area contributed by atoms with Gasteiger partial charge in [-0.3, -0.25) is 0 Å². The predicted molar refractivity (Wildman–Crippen MR) is 138 cm³/mol. The molecule has 0 unspecified atom stereocenters. The van der Waals surface area contributed by atoms with Gasteiger partial charge in [0, 0.05) is 24.8 Å². The summed E-state index contributed by atoms with van der Waals surface area (Å²) in [7, 11) is 1.66. The summed E-state index contributed by atoms with van der Waals surface area (Å²) in [5, 5.41) is 3.55. The molecule has 2 heterocycles. The molecule has 2 aromatic heterocycles. The molecular weight excluding hydrogens is 498 g/mol. The molecule has 0 spiro atoms. The van der Waals surface area contributed by atoms with E-state index >= 15 is 0 Å². The molecule has 0 amide bonds. The third kappa shape index (κ3) is 7.60. The number of halogens is 1. The first-order valence-corrected chi connectivity index (χ1v) is 12.3. The van der Waals surface area contributed by atoms with E-state index in [1.165, 1.54) is 30.4 Å². The highest BCUT2D eigenvalue weighted by Gasteiger charge is 2.39. The lowest BCUT2D eigenvalue weighted by Gasteiger charge is -2.43. The minimum Gasteiger partial charge on any atom is -0.497 e. The largest absolute Gasteiger partial charge is 0.497 e. The molecule has 10 nitrogen and oxygen atoms in total. The first-order valence-electron chi connectivity index (χ1n) is 12.0. The van der Waals surface area contributed by atoms with Gasteiger partial charge in [-0.25, -0.2) is 29.5 Å². The molecule has 1 aromatic carbocycles. The van der Waals surface area contributed by atoms with Crippen LogP contribution in [-0.2, 0) is 15.0 Å². The van der Waals surface area contributed by atoms with Crippen LogP contribution in [0.1, 0.15) is 65.8 Å². The lowest BCUT2D eigenvalue weighted by Crippen LogP contribution is -2.42. The van der Waals surface area contributed by atoms with Crippen molar-refractivity contribution < 1.29 is 23.8 Å². The molecule has 4 rings (SSSR count). The van der Waals surface area contributed by atoms with Crippen LogP contribution in [0.5, 0.6) is 5.75 Å². The molecule has 1 N–H and O–H groups in total. The van der Waals surface area contributed by atoms with Gasteiger partial charge in [-0.15, -0.1) is 0 Å². The minimum absolute atomic E-state index is 0.118. The van der Waals surface area contributed by atoms with Gasteiger partial charge in [0.1, 0.15) is 5.75 Å². The van der Waals surface area contributed by atoms with Crippen molar-refractivity contribution >= 4 is 29.5 Å². The van der Waals surface area contributed by atoms with Crippen LogP contribution in [0.15, 0.2) is 49.1 Å². The van der Waals surface area contributed by atoms with Crippen molar-refractivity contribution in [3.8, 4) is 5.75 Å². The quantitative estimate of drug-likeness (QED) is 0.305. The summed E-state index contributed by atoms with van der Waals surface area (Å²) in [6, 6.07) is 8.06. The number of benzene rings is 1. The van der Waals surface area contributed by atoms with Crippen molar-refractivity contribution in [1.82, 2.24) is 19.9 Å². The Balaban J connectivity index is 0.000000248. The Morgan fingerprint density at radius 1 is 0.919 bits per heavy atom. The molecule has 1 aliphatic rings. The second-order valence-corrected chi connectivity index (χ2v) is 8.52. The zero-order valence-corrected chi connectivity index (χ0v) is 21.8. The SMILES string of the molecule is CCCOC(=O)c1cnc(Cl)nc1.CCOC(=O)c1cnc(NC2(c3ccc(OC)cc3)CCC2)nc1. The first kappa shape index (κ1) is 27.8. The van der Waals surface area contributed by atoms with E-state index in [2.05, 4.69) is 37.4 Å². The molecule has 11 heteroatoms. The number of ether oxygens (including phenoxy) is 3. The molecule has 0 bridgehead atoms. The van der Waals surface area contributed by atoms with E-state index < -0.39 is 11.9 Å². The molecular formula is C26H30ClN5O5. The van der Waals surface area contributed by atoms with Crippen LogP contribution in [0.25, 0.3) is 0 Å². The number of nitrogens with zero attached hydrogens (tertiary/aromatic N) is 4. The summed E-state index contributed by atoms with van der Waals surface area (Å²) in [6.07, 6.45) is 9.65. The normalized spacial score (nSPS) is 13.3. The summed E-state index contributed by atoms with van der Waals surface area (Å²) >= 11 is 5.45. The van der Waals surface area contributed by atoms with Crippen LogP contribution >= 0.6 is 11.6 Å². The number of aromatic nitrogens is 4. The number of rotatable bonds is 9. The lowest BCUT2D eigenvalue weighted by molar-refractivity contribution is 0.0500. The summed E-state index contributed by atoms with van der Waals surface area (Å²) < 4.78 is 15.0. The zero-order valence-electron chi connectivity index (χ0n) is 21.1. The van der Waals surface area contributed by atoms with E-state index in [1.54, 1.807) is 14.0 Å². The molecule has 0 aliphatic heterocycles. The van der Waals surface area contributed by atoms with Gasteiger partial charge in [0.25, 0.3) is 0 Å². The molecule has 1 fully saturated rings. The predicted octanol–water partition coefficient (Wildman–Crippen LogP) is 4.85. The molecule has 1 aliphatic carbocycles. The van der Waals surface area contributed by atoms with E-state index in [9.17, 15) is 9.59 Å². The Labute approximate surface area is 220 Å². The Kier molecular flexibility index (Phi) is 10.1. The number of anilines is 1. The summed E-state index contributed by atoms with van der Waals surface area (Å²) in [5.41, 5.74) is 1.71. The zero-order chi connectivity index (χ0) is 26.7. The maximum absolute atomic E-state index is 11.7.